The van der Waals surface area contributed by atoms with Crippen LogP contribution in [0.4, 0.5) is 5.69 Å². The normalized spacial score (nSPS) is 21.2. The van der Waals surface area contributed by atoms with Crippen LogP contribution in [0.3, 0.4) is 0 Å². The predicted octanol–water partition coefficient (Wildman–Crippen LogP) is 1.91. The molecule has 5 nitrogen and oxygen atoms in total. The fraction of sp³-hybridized carbons (Fsp3) is 0.529. The van der Waals surface area contributed by atoms with Crippen LogP contribution in [-0.2, 0) is 9.59 Å². The van der Waals surface area contributed by atoms with Crippen molar-refractivity contribution in [1.82, 2.24) is 5.32 Å². The van der Waals surface area contributed by atoms with E-state index in [9.17, 15) is 14.7 Å². The van der Waals surface area contributed by atoms with Crippen LogP contribution in [-0.4, -0.2) is 29.6 Å². The fourth-order valence-electron chi connectivity index (χ4n) is 2.74. The third-order valence-corrected chi connectivity index (χ3v) is 4.36. The Hall–Kier alpha value is -1.88. The largest absolute Gasteiger partial charge is 0.393 e. The predicted molar refractivity (Wildman–Crippen MR) is 85.5 cm³/mol. The minimum atomic E-state index is -0.673. The van der Waals surface area contributed by atoms with Crippen molar-refractivity contribution in [1.29, 1.82) is 0 Å². The smallest absolute Gasteiger partial charge is 0.313 e. The number of benzene rings is 1. The molecule has 0 bridgehead atoms. The number of anilines is 1. The van der Waals surface area contributed by atoms with Gasteiger partial charge in [-0.2, -0.15) is 0 Å². The summed E-state index contributed by atoms with van der Waals surface area (Å²) in [7, 11) is 0. The fourth-order valence-corrected chi connectivity index (χ4v) is 2.74. The lowest BCUT2D eigenvalue weighted by Crippen LogP contribution is -2.41. The molecule has 0 aliphatic heterocycles. The first-order valence-electron chi connectivity index (χ1n) is 7.82. The van der Waals surface area contributed by atoms with Gasteiger partial charge in [0.15, 0.2) is 0 Å². The monoisotopic (exact) mass is 304 g/mol. The van der Waals surface area contributed by atoms with Crippen molar-refractivity contribution in [3.8, 4) is 0 Å². The van der Waals surface area contributed by atoms with Gasteiger partial charge in [0.05, 0.1) is 6.10 Å². The van der Waals surface area contributed by atoms with Gasteiger partial charge in [-0.1, -0.05) is 18.9 Å². The van der Waals surface area contributed by atoms with Gasteiger partial charge in [0, 0.05) is 18.2 Å². The molecule has 22 heavy (non-hydrogen) atoms. The molecule has 1 aromatic rings. The molecule has 2 rings (SSSR count). The van der Waals surface area contributed by atoms with E-state index in [1.165, 1.54) is 0 Å². The second-order valence-electron chi connectivity index (χ2n) is 6.08. The maximum Gasteiger partial charge on any atom is 0.313 e. The number of rotatable bonds is 3. The summed E-state index contributed by atoms with van der Waals surface area (Å²) in [4.78, 5) is 23.7. The molecule has 0 heterocycles. The summed E-state index contributed by atoms with van der Waals surface area (Å²) < 4.78 is 0. The van der Waals surface area contributed by atoms with E-state index in [-0.39, 0.29) is 12.0 Å². The Kier molecular flexibility index (Phi) is 5.55. The topological polar surface area (TPSA) is 78.4 Å². The van der Waals surface area contributed by atoms with Crippen LogP contribution in [0.2, 0.25) is 0 Å². The zero-order valence-electron chi connectivity index (χ0n) is 13.2. The van der Waals surface area contributed by atoms with Crippen molar-refractivity contribution in [2.24, 2.45) is 5.92 Å². The summed E-state index contributed by atoms with van der Waals surface area (Å²) >= 11 is 0. The van der Waals surface area contributed by atoms with Gasteiger partial charge in [-0.15, -0.1) is 0 Å². The number of hydrogen-bond acceptors (Lipinski definition) is 3. The van der Waals surface area contributed by atoms with Crippen molar-refractivity contribution in [2.75, 3.05) is 11.9 Å². The average molecular weight is 304 g/mol. The first-order valence-corrected chi connectivity index (χ1v) is 7.82. The Morgan fingerprint density at radius 1 is 1.14 bits per heavy atom. The third kappa shape index (κ3) is 4.31. The van der Waals surface area contributed by atoms with Gasteiger partial charge in [-0.05, 0) is 49.9 Å². The van der Waals surface area contributed by atoms with Crippen LogP contribution < -0.4 is 10.6 Å². The number of aryl methyl sites for hydroxylation is 2. The van der Waals surface area contributed by atoms with E-state index in [4.69, 9.17) is 0 Å². The van der Waals surface area contributed by atoms with Gasteiger partial charge in [-0.3, -0.25) is 9.59 Å². The maximum absolute atomic E-state index is 11.9. The van der Waals surface area contributed by atoms with Crippen molar-refractivity contribution in [2.45, 2.75) is 45.6 Å². The molecule has 0 radical (unpaired) electrons. The van der Waals surface area contributed by atoms with Gasteiger partial charge in [-0.25, -0.2) is 0 Å². The highest BCUT2D eigenvalue weighted by Crippen LogP contribution is 2.23. The van der Waals surface area contributed by atoms with Crippen molar-refractivity contribution in [3.63, 3.8) is 0 Å². The number of amides is 2. The standard InChI is InChI=1S/C17H24N2O3/c1-11-7-8-14(9-12(11)2)19-17(22)16(21)18-10-13-5-3-4-6-15(13)20/h7-9,13,15,20H,3-6,10H2,1-2H3,(H,18,21)(H,19,22)/t13-,15-/m0/s1. The molecule has 0 spiro atoms. The summed E-state index contributed by atoms with van der Waals surface area (Å²) in [5, 5.41) is 15.1. The SMILES string of the molecule is Cc1ccc(NC(=O)C(=O)NC[C@@H]2CCCC[C@@H]2O)cc1C. The molecule has 5 heteroatoms. The van der Waals surface area contributed by atoms with E-state index in [0.717, 1.165) is 36.8 Å². The molecule has 1 aliphatic rings. The molecule has 1 aromatic carbocycles. The number of aliphatic hydroxyl groups is 1. The molecule has 1 aliphatic carbocycles. The van der Waals surface area contributed by atoms with Crippen molar-refractivity contribution < 1.29 is 14.7 Å². The Labute approximate surface area is 131 Å². The zero-order chi connectivity index (χ0) is 16.1. The molecule has 0 unspecified atom stereocenters. The van der Waals surface area contributed by atoms with E-state index < -0.39 is 11.8 Å². The van der Waals surface area contributed by atoms with Crippen LogP contribution in [0.15, 0.2) is 18.2 Å². The van der Waals surface area contributed by atoms with Gasteiger partial charge in [0.2, 0.25) is 0 Å². The number of carbonyl (C=O) groups is 2. The Morgan fingerprint density at radius 3 is 2.55 bits per heavy atom. The highest BCUT2D eigenvalue weighted by atomic mass is 16.3. The number of carbonyl (C=O) groups excluding carboxylic acids is 2. The molecule has 1 saturated carbocycles. The van der Waals surface area contributed by atoms with Gasteiger partial charge >= 0.3 is 11.8 Å². The second-order valence-corrected chi connectivity index (χ2v) is 6.08. The van der Waals surface area contributed by atoms with Gasteiger partial charge in [0.25, 0.3) is 0 Å². The summed E-state index contributed by atoms with van der Waals surface area (Å²) in [6.07, 6.45) is 3.37. The van der Waals surface area contributed by atoms with E-state index in [0.29, 0.717) is 12.2 Å². The lowest BCUT2D eigenvalue weighted by atomic mass is 9.86. The zero-order valence-corrected chi connectivity index (χ0v) is 13.2. The Bertz CT molecular complexity index is 557. The van der Waals surface area contributed by atoms with Crippen LogP contribution in [0.5, 0.6) is 0 Å². The van der Waals surface area contributed by atoms with E-state index in [2.05, 4.69) is 10.6 Å². The summed E-state index contributed by atoms with van der Waals surface area (Å²) in [5.41, 5.74) is 2.80. The first kappa shape index (κ1) is 16.5. The molecular formula is C17H24N2O3. The Morgan fingerprint density at radius 2 is 1.86 bits per heavy atom. The molecule has 1 fully saturated rings. The first-order chi connectivity index (χ1) is 10.5. The lowest BCUT2D eigenvalue weighted by molar-refractivity contribution is -0.136. The van der Waals surface area contributed by atoms with Crippen molar-refractivity contribution >= 4 is 17.5 Å². The number of hydrogen-bond donors (Lipinski definition) is 3. The van der Waals surface area contributed by atoms with Crippen LogP contribution in [0, 0.1) is 19.8 Å². The lowest BCUT2D eigenvalue weighted by Gasteiger charge is -2.27. The minimum absolute atomic E-state index is 0.0483. The summed E-state index contributed by atoms with van der Waals surface area (Å²) in [5.74, 6) is -1.28. The van der Waals surface area contributed by atoms with E-state index >= 15 is 0 Å². The number of aliphatic hydroxyl groups excluding tert-OH is 1. The van der Waals surface area contributed by atoms with Crippen LogP contribution >= 0.6 is 0 Å². The molecule has 120 valence electrons. The highest BCUT2D eigenvalue weighted by Gasteiger charge is 2.24. The molecule has 3 N–H and O–H groups in total. The molecular weight excluding hydrogens is 280 g/mol. The quantitative estimate of drug-likeness (QED) is 0.746. The minimum Gasteiger partial charge on any atom is -0.393 e. The van der Waals surface area contributed by atoms with Gasteiger partial charge in [0.1, 0.15) is 0 Å². The highest BCUT2D eigenvalue weighted by molar-refractivity contribution is 6.39. The number of nitrogens with one attached hydrogen (secondary N) is 2. The van der Waals surface area contributed by atoms with Gasteiger partial charge < -0.3 is 15.7 Å². The third-order valence-electron chi connectivity index (χ3n) is 4.36. The average Bonchev–Trinajstić information content (AvgIpc) is 2.50. The maximum atomic E-state index is 11.9. The summed E-state index contributed by atoms with van der Waals surface area (Å²) in [6, 6.07) is 5.52. The molecule has 0 aromatic heterocycles. The van der Waals surface area contributed by atoms with Crippen LogP contribution in [0.1, 0.15) is 36.8 Å². The molecule has 2 atom stereocenters. The van der Waals surface area contributed by atoms with Crippen LogP contribution in [0.25, 0.3) is 0 Å². The molecule has 0 saturated heterocycles. The molecule has 2 amide bonds. The second kappa shape index (κ2) is 7.40. The summed E-state index contributed by atoms with van der Waals surface area (Å²) in [6.45, 7) is 4.29. The Balaban J connectivity index is 1.84. The van der Waals surface area contributed by atoms with E-state index in [1.807, 2.05) is 26.0 Å². The van der Waals surface area contributed by atoms with Crippen molar-refractivity contribution in [3.05, 3.63) is 29.3 Å². The van der Waals surface area contributed by atoms with E-state index in [1.54, 1.807) is 6.07 Å².